The number of nitrogens with zero attached hydrogens (tertiary/aromatic N) is 3. The maximum absolute atomic E-state index is 11.1. The summed E-state index contributed by atoms with van der Waals surface area (Å²) >= 11 is 0. The summed E-state index contributed by atoms with van der Waals surface area (Å²) in [6.07, 6.45) is 6.14. The zero-order valence-electron chi connectivity index (χ0n) is 8.99. The summed E-state index contributed by atoms with van der Waals surface area (Å²) in [6.45, 7) is 3.18. The zero-order chi connectivity index (χ0) is 13.7. The third-order valence-corrected chi connectivity index (χ3v) is 2.79. The number of imidazole rings is 1. The van der Waals surface area contributed by atoms with Gasteiger partial charge in [-0.05, 0) is 6.92 Å². The second kappa shape index (κ2) is 6.02. The molecule has 0 amide bonds. The smallest absolute Gasteiger partial charge is 0.243 e. The van der Waals surface area contributed by atoms with Crippen molar-refractivity contribution in [2.45, 2.75) is 13.5 Å². The molecule has 0 aliphatic carbocycles. The third-order valence-electron chi connectivity index (χ3n) is 1.37. The molecule has 0 unspecified atom stereocenters. The monoisotopic (exact) mass is 291 g/mol. The van der Waals surface area contributed by atoms with E-state index in [1.165, 1.54) is 0 Å². The van der Waals surface area contributed by atoms with Crippen LogP contribution in [-0.2, 0) is 34.4 Å². The van der Waals surface area contributed by atoms with Crippen LogP contribution in [0.4, 0.5) is 7.77 Å². The van der Waals surface area contributed by atoms with Crippen molar-refractivity contribution < 1.29 is 29.2 Å². The predicted octanol–water partition coefficient (Wildman–Crippen LogP) is 0.121. The fraction of sp³-hybridized carbons (Fsp3) is 0.500. The van der Waals surface area contributed by atoms with Crippen LogP contribution < -0.4 is 4.57 Å². The van der Waals surface area contributed by atoms with Crippen molar-refractivity contribution in [2.24, 2.45) is 7.05 Å². The number of hydrogen-bond acceptors (Lipinski definition) is 4. The summed E-state index contributed by atoms with van der Waals surface area (Å²) in [6, 6.07) is 0. The van der Waals surface area contributed by atoms with E-state index in [1.807, 2.05) is 17.8 Å². The van der Waals surface area contributed by atoms with Gasteiger partial charge in [0.2, 0.25) is 27.1 Å². The van der Waals surface area contributed by atoms with Gasteiger partial charge >= 0.3 is 0 Å². The predicted molar refractivity (Wildman–Crippen MR) is 54.7 cm³/mol. The van der Waals surface area contributed by atoms with Crippen molar-refractivity contribution >= 4 is 20.8 Å². The first-order valence-electron chi connectivity index (χ1n) is 4.18. The molecule has 0 spiro atoms. The zero-order valence-corrected chi connectivity index (χ0v) is 10.6. The van der Waals surface area contributed by atoms with Gasteiger partial charge in [-0.1, -0.05) is 0 Å². The first-order chi connectivity index (χ1) is 7.53. The topological polar surface area (TPSA) is 91.2 Å². The van der Waals surface area contributed by atoms with Crippen LogP contribution in [-0.4, -0.2) is 21.4 Å². The molecule has 0 N–H and O–H groups in total. The molecule has 0 saturated carbocycles. The second-order valence-electron chi connectivity index (χ2n) is 2.81. The molecule has 0 bridgehead atoms. The van der Waals surface area contributed by atoms with Gasteiger partial charge in [0.05, 0.1) is 13.6 Å². The first-order valence-corrected chi connectivity index (χ1v) is 6.86. The lowest BCUT2D eigenvalue weighted by Gasteiger charge is -2.03. The molecule has 0 aliphatic rings. The number of hydrogen-bond donors (Lipinski definition) is 0. The molecule has 1 rings (SSSR count). The van der Waals surface area contributed by atoms with E-state index in [4.69, 9.17) is 0 Å². The molecule has 0 radical (unpaired) electrons. The Morgan fingerprint density at radius 1 is 1.24 bits per heavy atom. The number of halogens is 2. The van der Waals surface area contributed by atoms with E-state index in [-0.39, 0.29) is 0 Å². The highest BCUT2D eigenvalue weighted by molar-refractivity contribution is 8.07. The summed E-state index contributed by atoms with van der Waals surface area (Å²) in [4.78, 5) is 0. The van der Waals surface area contributed by atoms with E-state index >= 15 is 0 Å². The summed E-state index contributed by atoms with van der Waals surface area (Å²) < 4.78 is 64.2. The van der Waals surface area contributed by atoms with Gasteiger partial charge in [0.25, 0.3) is 0 Å². The Kier molecular flexibility index (Phi) is 5.64. The molecule has 0 aromatic carbocycles. The van der Waals surface area contributed by atoms with Crippen molar-refractivity contribution in [1.82, 2.24) is 4.57 Å². The highest BCUT2D eigenvalue weighted by Gasteiger charge is 2.01. The van der Waals surface area contributed by atoms with Gasteiger partial charge in [0.1, 0.15) is 12.4 Å². The Morgan fingerprint density at radius 2 is 1.71 bits per heavy atom. The molecule has 0 aliphatic heterocycles. The van der Waals surface area contributed by atoms with E-state index in [1.54, 1.807) is 0 Å². The number of aryl methyl sites for hydroxylation is 2. The molecule has 0 atom stereocenters. The van der Waals surface area contributed by atoms with Crippen LogP contribution in [0.2, 0.25) is 0 Å². The minimum absolute atomic E-state index is 1.06. The SMILES string of the molecule is CCn1cc[n+](C)c1.O=S(=O)(F)[N-]S(=O)(=O)F. The van der Waals surface area contributed by atoms with Crippen LogP contribution in [0.15, 0.2) is 18.7 Å². The Morgan fingerprint density at radius 3 is 1.82 bits per heavy atom. The fourth-order valence-corrected chi connectivity index (χ4v) is 1.65. The number of aromatic nitrogens is 2. The minimum atomic E-state index is -5.62. The van der Waals surface area contributed by atoms with Crippen molar-refractivity contribution in [1.29, 1.82) is 0 Å². The molecule has 11 heteroatoms. The molecule has 7 nitrogen and oxygen atoms in total. The minimum Gasteiger partial charge on any atom is -0.379 e. The van der Waals surface area contributed by atoms with Gasteiger partial charge in [-0.2, -0.15) is 0 Å². The molecule has 1 aromatic rings. The Hall–Kier alpha value is -1.07. The van der Waals surface area contributed by atoms with Gasteiger partial charge in [0, 0.05) is 0 Å². The fourth-order valence-electron chi connectivity index (χ4n) is 0.795. The van der Waals surface area contributed by atoms with Crippen LogP contribution in [0.3, 0.4) is 0 Å². The summed E-state index contributed by atoms with van der Waals surface area (Å²) in [7, 11) is -9.22. The second-order valence-corrected chi connectivity index (χ2v) is 5.05. The van der Waals surface area contributed by atoms with Crippen LogP contribution in [0, 0.1) is 0 Å². The average Bonchev–Trinajstić information content (AvgIpc) is 2.45. The number of rotatable bonds is 3. The Bertz CT molecular complexity index is 522. The van der Waals surface area contributed by atoms with Gasteiger partial charge in [-0.3, -0.25) is 0 Å². The largest absolute Gasteiger partial charge is 0.379 e. The van der Waals surface area contributed by atoms with Crippen molar-refractivity contribution in [2.75, 3.05) is 0 Å². The third kappa shape index (κ3) is 9.84. The molecule has 0 fully saturated rings. The van der Waals surface area contributed by atoms with Crippen LogP contribution in [0.25, 0.3) is 4.13 Å². The molecule has 100 valence electrons. The van der Waals surface area contributed by atoms with E-state index < -0.39 is 20.8 Å². The van der Waals surface area contributed by atoms with Crippen LogP contribution in [0.5, 0.6) is 0 Å². The maximum Gasteiger partial charge on any atom is 0.243 e. The molecule has 1 heterocycles. The molecule has 1 aromatic heterocycles. The quantitative estimate of drug-likeness (QED) is 0.584. The van der Waals surface area contributed by atoms with Crippen molar-refractivity contribution in [3.05, 3.63) is 22.8 Å². The van der Waals surface area contributed by atoms with Gasteiger partial charge < -0.3 is 4.13 Å². The highest BCUT2D eigenvalue weighted by atomic mass is 32.3. The molecule has 17 heavy (non-hydrogen) atoms. The van der Waals surface area contributed by atoms with Gasteiger partial charge in [-0.25, -0.2) is 26.0 Å². The van der Waals surface area contributed by atoms with E-state index in [9.17, 15) is 24.6 Å². The normalized spacial score (nSPS) is 11.8. The van der Waals surface area contributed by atoms with Crippen molar-refractivity contribution in [3.8, 4) is 0 Å². The summed E-state index contributed by atoms with van der Waals surface area (Å²) in [5.41, 5.74) is 0. The first kappa shape index (κ1) is 15.9. The lowest BCUT2D eigenvalue weighted by atomic mass is 10.7. The molecule has 0 saturated heterocycles. The summed E-state index contributed by atoms with van der Waals surface area (Å²) in [5, 5.41) is 0. The summed E-state index contributed by atoms with van der Waals surface area (Å²) in [5.74, 6) is 0. The van der Waals surface area contributed by atoms with Gasteiger partial charge in [-0.15, -0.1) is 7.77 Å². The Balaban J connectivity index is 0.000000302. The standard InChI is InChI=1S/C6H11N2.F2NO4S2/c1-3-8-5-4-7(2)6-8;1-8(4,5)3-9(2,6)7/h4-6H,3H2,1-2H3;/q+1;-1. The maximum atomic E-state index is 11.1. The Labute approximate surface area is 98.4 Å². The van der Waals surface area contributed by atoms with E-state index in [0.717, 1.165) is 10.7 Å². The average molecular weight is 291 g/mol. The molecular weight excluding hydrogens is 280 g/mol. The van der Waals surface area contributed by atoms with Crippen LogP contribution >= 0.6 is 0 Å². The lowest BCUT2D eigenvalue weighted by molar-refractivity contribution is -0.671. The highest BCUT2D eigenvalue weighted by Crippen LogP contribution is 2.11. The van der Waals surface area contributed by atoms with Crippen LogP contribution in [0.1, 0.15) is 6.92 Å². The van der Waals surface area contributed by atoms with Crippen molar-refractivity contribution in [3.63, 3.8) is 0 Å². The lowest BCUT2D eigenvalue weighted by Crippen LogP contribution is -2.23. The van der Waals surface area contributed by atoms with Gasteiger partial charge in [0.15, 0.2) is 0 Å². The molecular formula is C6H11F2N3O4S2. The van der Waals surface area contributed by atoms with E-state index in [2.05, 4.69) is 24.0 Å². The van der Waals surface area contributed by atoms with E-state index in [0.29, 0.717) is 0 Å².